The van der Waals surface area contributed by atoms with E-state index in [2.05, 4.69) is 43.0 Å². The molecule has 1 fully saturated rings. The summed E-state index contributed by atoms with van der Waals surface area (Å²) in [5, 5.41) is 15.8. The van der Waals surface area contributed by atoms with Gasteiger partial charge in [-0.15, -0.1) is 0 Å². The van der Waals surface area contributed by atoms with Gasteiger partial charge in [0.15, 0.2) is 0 Å². The van der Waals surface area contributed by atoms with Gasteiger partial charge in [0.2, 0.25) is 0 Å². The van der Waals surface area contributed by atoms with Gasteiger partial charge in [-0.1, -0.05) is 0 Å². The minimum atomic E-state index is -1.23. The van der Waals surface area contributed by atoms with Gasteiger partial charge < -0.3 is 10.2 Å². The van der Waals surface area contributed by atoms with Crippen molar-refractivity contribution in [3.63, 3.8) is 0 Å². The van der Waals surface area contributed by atoms with Crippen molar-refractivity contribution in [3.8, 4) is 0 Å². The summed E-state index contributed by atoms with van der Waals surface area (Å²) >= 11 is 0. The molecule has 2 heterocycles. The van der Waals surface area contributed by atoms with E-state index >= 15 is 0 Å². The minimum Gasteiger partial charge on any atom is -0.479 e. The molecule has 0 aliphatic carbocycles. The average molecular weight is 280 g/mol. The van der Waals surface area contributed by atoms with Crippen molar-refractivity contribution >= 4 is 5.97 Å². The Morgan fingerprint density at radius 1 is 1.50 bits per heavy atom. The molecule has 5 heteroatoms. The summed E-state index contributed by atoms with van der Waals surface area (Å²) in [5.74, 6) is -1.19. The molecular formula is C15H24N2O3. The van der Waals surface area contributed by atoms with Gasteiger partial charge in [0.1, 0.15) is 6.10 Å². The summed E-state index contributed by atoms with van der Waals surface area (Å²) < 4.78 is 0. The van der Waals surface area contributed by atoms with Crippen LogP contribution < -0.4 is 0 Å². The second-order valence-corrected chi connectivity index (χ2v) is 5.34. The fourth-order valence-corrected chi connectivity index (χ4v) is 2.36. The monoisotopic (exact) mass is 280 g/mol. The molecule has 0 radical (unpaired) electrons. The molecule has 20 heavy (non-hydrogen) atoms. The molecule has 2 atom stereocenters. The molecule has 1 aromatic heterocycles. The molecule has 1 aliphatic rings. The fraction of sp³-hybridized carbons (Fsp3) is 0.600. The van der Waals surface area contributed by atoms with Gasteiger partial charge in [-0.3, -0.25) is 9.88 Å². The zero-order valence-corrected chi connectivity index (χ0v) is 12.6. The number of carbonyl (C=O) groups is 1. The number of hydrogen-bond donors (Lipinski definition) is 2. The van der Waals surface area contributed by atoms with E-state index in [0.29, 0.717) is 6.04 Å². The molecule has 0 aromatic carbocycles. The lowest BCUT2D eigenvalue weighted by atomic mass is 10.0. The molecule has 0 bridgehead atoms. The maximum absolute atomic E-state index is 9.45. The molecule has 0 amide bonds. The molecule has 1 saturated heterocycles. The maximum atomic E-state index is 9.45. The Kier molecular flexibility index (Phi) is 6.10. The first kappa shape index (κ1) is 16.6. The number of carboxylic acid groups (broad SMARTS) is 1. The lowest BCUT2D eigenvalue weighted by Crippen LogP contribution is -2.18. The Morgan fingerprint density at radius 2 is 2.10 bits per heavy atom. The number of nitrogens with zero attached hydrogens (tertiary/aromatic N) is 2. The minimum absolute atomic E-state index is 0.600. The number of hydrogen-bond acceptors (Lipinski definition) is 4. The van der Waals surface area contributed by atoms with Crippen molar-refractivity contribution in [2.24, 2.45) is 0 Å². The highest BCUT2D eigenvalue weighted by molar-refractivity contribution is 5.71. The van der Waals surface area contributed by atoms with Gasteiger partial charge in [0.25, 0.3) is 0 Å². The van der Waals surface area contributed by atoms with Gasteiger partial charge in [-0.25, -0.2) is 4.79 Å². The fourth-order valence-electron chi connectivity index (χ4n) is 2.36. The van der Waals surface area contributed by atoms with Crippen molar-refractivity contribution < 1.29 is 15.0 Å². The van der Waals surface area contributed by atoms with Gasteiger partial charge in [-0.2, -0.15) is 0 Å². The number of aliphatic hydroxyl groups excluding tert-OH is 1. The number of rotatable bonds is 2. The van der Waals surface area contributed by atoms with Crippen molar-refractivity contribution in [1.29, 1.82) is 0 Å². The van der Waals surface area contributed by atoms with Crippen molar-refractivity contribution in [3.05, 3.63) is 29.1 Å². The zero-order chi connectivity index (χ0) is 15.3. The lowest BCUT2D eigenvalue weighted by Gasteiger charge is -2.21. The number of carboxylic acids is 1. The summed E-state index contributed by atoms with van der Waals surface area (Å²) in [5.41, 5.74) is 3.92. The third-order valence-electron chi connectivity index (χ3n) is 3.52. The molecule has 1 aromatic rings. The quantitative estimate of drug-likeness (QED) is 0.865. The number of aliphatic hydroxyl groups is 1. The highest BCUT2D eigenvalue weighted by Gasteiger charge is 2.23. The van der Waals surface area contributed by atoms with E-state index in [9.17, 15) is 4.79 Å². The zero-order valence-electron chi connectivity index (χ0n) is 12.6. The number of likely N-dealkylation sites (tertiary alicyclic amines) is 1. The summed E-state index contributed by atoms with van der Waals surface area (Å²) in [7, 11) is 2.21. The Morgan fingerprint density at radius 3 is 2.50 bits per heavy atom. The molecule has 0 spiro atoms. The molecule has 5 nitrogen and oxygen atoms in total. The lowest BCUT2D eigenvalue weighted by molar-refractivity contribution is -0.145. The third kappa shape index (κ3) is 4.58. The van der Waals surface area contributed by atoms with Gasteiger partial charge in [0, 0.05) is 17.9 Å². The molecule has 112 valence electrons. The van der Waals surface area contributed by atoms with E-state index in [1.54, 1.807) is 0 Å². The molecule has 1 aliphatic heterocycles. The van der Waals surface area contributed by atoms with E-state index < -0.39 is 12.1 Å². The number of pyridine rings is 1. The SMILES string of the molecule is CC(O)C(=O)O.Cc1cc(C)c([C@@H]2CCCN2C)cn1. The largest absolute Gasteiger partial charge is 0.479 e. The Labute approximate surface area is 120 Å². The van der Waals surface area contributed by atoms with Crippen LogP contribution in [0.1, 0.15) is 42.6 Å². The molecule has 2 N–H and O–H groups in total. The topological polar surface area (TPSA) is 73.7 Å². The van der Waals surface area contributed by atoms with E-state index in [-0.39, 0.29) is 0 Å². The van der Waals surface area contributed by atoms with Crippen LogP contribution in [-0.2, 0) is 4.79 Å². The van der Waals surface area contributed by atoms with Crippen LogP contribution in [0.15, 0.2) is 12.3 Å². The second kappa shape index (κ2) is 7.36. The normalized spacial score (nSPS) is 20.1. The maximum Gasteiger partial charge on any atom is 0.332 e. The Bertz CT molecular complexity index is 460. The Hall–Kier alpha value is -1.46. The predicted molar refractivity (Wildman–Crippen MR) is 77.6 cm³/mol. The highest BCUT2D eigenvalue weighted by Crippen LogP contribution is 2.31. The second-order valence-electron chi connectivity index (χ2n) is 5.34. The number of aliphatic carboxylic acids is 1. The molecule has 1 unspecified atom stereocenters. The first-order valence-corrected chi connectivity index (χ1v) is 6.87. The van der Waals surface area contributed by atoms with E-state index in [1.807, 2.05) is 0 Å². The van der Waals surface area contributed by atoms with Crippen LogP contribution in [0.2, 0.25) is 0 Å². The van der Waals surface area contributed by atoms with Crippen molar-refractivity contribution in [1.82, 2.24) is 9.88 Å². The summed E-state index contributed by atoms with van der Waals surface area (Å²) in [6.45, 7) is 6.66. The highest BCUT2D eigenvalue weighted by atomic mass is 16.4. The molecule has 0 saturated carbocycles. The van der Waals surface area contributed by atoms with Crippen LogP contribution in [0.3, 0.4) is 0 Å². The van der Waals surface area contributed by atoms with Crippen LogP contribution in [0, 0.1) is 13.8 Å². The van der Waals surface area contributed by atoms with Crippen LogP contribution in [-0.4, -0.2) is 45.8 Å². The van der Waals surface area contributed by atoms with Crippen LogP contribution in [0.25, 0.3) is 0 Å². The van der Waals surface area contributed by atoms with Gasteiger partial charge in [-0.05, 0) is 64.4 Å². The average Bonchev–Trinajstić information content (AvgIpc) is 2.76. The summed E-state index contributed by atoms with van der Waals surface area (Å²) in [6, 6.07) is 2.78. The van der Waals surface area contributed by atoms with E-state index in [1.165, 1.54) is 37.4 Å². The Balaban J connectivity index is 0.000000286. The van der Waals surface area contributed by atoms with Gasteiger partial charge >= 0.3 is 5.97 Å². The summed E-state index contributed by atoms with van der Waals surface area (Å²) in [4.78, 5) is 16.3. The van der Waals surface area contributed by atoms with Crippen LogP contribution in [0.4, 0.5) is 0 Å². The van der Waals surface area contributed by atoms with Gasteiger partial charge in [0.05, 0.1) is 0 Å². The van der Waals surface area contributed by atoms with Crippen molar-refractivity contribution in [2.45, 2.75) is 45.8 Å². The van der Waals surface area contributed by atoms with E-state index in [0.717, 1.165) is 5.69 Å². The standard InChI is InChI=1S/C12H18N2.C3H6O3/c1-9-7-10(2)13-8-11(9)12-5-4-6-14(12)3;1-2(4)3(5)6/h7-8,12H,4-6H2,1-3H3;2,4H,1H3,(H,5,6)/t12-;/m0./s1. The number of aryl methyl sites for hydroxylation is 2. The third-order valence-corrected chi connectivity index (χ3v) is 3.52. The molecular weight excluding hydrogens is 256 g/mol. The first-order valence-electron chi connectivity index (χ1n) is 6.87. The summed E-state index contributed by atoms with van der Waals surface area (Å²) in [6.07, 6.45) is 3.42. The molecule has 2 rings (SSSR count). The number of aromatic nitrogens is 1. The van der Waals surface area contributed by atoms with Crippen LogP contribution >= 0.6 is 0 Å². The van der Waals surface area contributed by atoms with E-state index in [4.69, 9.17) is 10.2 Å². The smallest absolute Gasteiger partial charge is 0.332 e. The van der Waals surface area contributed by atoms with Crippen LogP contribution in [0.5, 0.6) is 0 Å². The first-order chi connectivity index (χ1) is 9.32. The van der Waals surface area contributed by atoms with Crippen molar-refractivity contribution in [2.75, 3.05) is 13.6 Å². The predicted octanol–water partition coefficient (Wildman–Crippen LogP) is 1.92.